The normalized spacial score (nSPS) is 20.7. The second-order valence-corrected chi connectivity index (χ2v) is 13.8. The van der Waals surface area contributed by atoms with Crippen LogP contribution in [-0.4, -0.2) is 26.6 Å². The van der Waals surface area contributed by atoms with E-state index in [1.807, 2.05) is 13.8 Å². The molecule has 1 unspecified atom stereocenters. The molecule has 0 aliphatic carbocycles. The van der Waals surface area contributed by atoms with Crippen LogP contribution >= 0.6 is 0 Å². The molecular formula is C19H36O2Si. The first kappa shape index (κ1) is 19.6. The Morgan fingerprint density at radius 3 is 1.82 bits per heavy atom. The van der Waals surface area contributed by atoms with Gasteiger partial charge in [-0.1, -0.05) is 61.1 Å². The third-order valence-corrected chi connectivity index (χ3v) is 12.3. The van der Waals surface area contributed by atoms with E-state index in [1.165, 1.54) is 0 Å². The van der Waals surface area contributed by atoms with Gasteiger partial charge < -0.3 is 4.74 Å². The second-order valence-electron chi connectivity index (χ2n) is 8.08. The van der Waals surface area contributed by atoms with E-state index >= 15 is 0 Å². The summed E-state index contributed by atoms with van der Waals surface area (Å²) in [6, 6.07) is 0. The first-order chi connectivity index (χ1) is 10.1. The molecule has 0 aromatic heterocycles. The monoisotopic (exact) mass is 324 g/mol. The molecule has 0 N–H and O–H groups in total. The van der Waals surface area contributed by atoms with Crippen LogP contribution in [0.15, 0.2) is 11.3 Å². The Morgan fingerprint density at radius 1 is 1.00 bits per heavy atom. The quantitative estimate of drug-likeness (QED) is 0.454. The zero-order valence-corrected chi connectivity index (χ0v) is 16.9. The van der Waals surface area contributed by atoms with Crippen LogP contribution in [0.1, 0.15) is 68.2 Å². The molecule has 1 atom stereocenters. The molecule has 22 heavy (non-hydrogen) atoms. The molecule has 1 aliphatic heterocycles. The summed E-state index contributed by atoms with van der Waals surface area (Å²) in [7, 11) is -1.73. The van der Waals surface area contributed by atoms with Gasteiger partial charge in [0.05, 0.1) is 14.2 Å². The minimum absolute atomic E-state index is 0.0398. The van der Waals surface area contributed by atoms with Gasteiger partial charge in [-0.3, -0.25) is 4.79 Å². The van der Waals surface area contributed by atoms with E-state index in [9.17, 15) is 4.79 Å². The average Bonchev–Trinajstić information content (AvgIpc) is 2.91. The molecule has 128 valence electrons. The van der Waals surface area contributed by atoms with Crippen LogP contribution in [-0.2, 0) is 9.53 Å². The van der Waals surface area contributed by atoms with E-state index in [-0.39, 0.29) is 12.0 Å². The van der Waals surface area contributed by atoms with Crippen LogP contribution in [0.2, 0.25) is 16.6 Å². The molecular weight excluding hydrogens is 288 g/mol. The lowest BCUT2D eigenvalue weighted by atomic mass is 9.97. The summed E-state index contributed by atoms with van der Waals surface area (Å²) in [6.07, 6.45) is 2.12. The molecule has 1 fully saturated rings. The maximum atomic E-state index is 12.8. The molecule has 0 bridgehead atoms. The van der Waals surface area contributed by atoms with Gasteiger partial charge in [0.2, 0.25) is 0 Å². The summed E-state index contributed by atoms with van der Waals surface area (Å²) in [4.78, 5) is 12.8. The van der Waals surface area contributed by atoms with E-state index in [0.717, 1.165) is 25.0 Å². The summed E-state index contributed by atoms with van der Waals surface area (Å²) in [6.45, 7) is 18.9. The molecule has 3 heteroatoms. The molecule has 1 heterocycles. The van der Waals surface area contributed by atoms with Crippen molar-refractivity contribution < 1.29 is 9.53 Å². The second kappa shape index (κ2) is 7.92. The maximum Gasteiger partial charge on any atom is 0.163 e. The zero-order valence-electron chi connectivity index (χ0n) is 15.9. The molecule has 0 saturated carbocycles. The van der Waals surface area contributed by atoms with Crippen molar-refractivity contribution in [3.8, 4) is 0 Å². The van der Waals surface area contributed by atoms with Gasteiger partial charge in [0.15, 0.2) is 5.78 Å². The summed E-state index contributed by atoms with van der Waals surface area (Å²) in [5.41, 5.74) is 5.33. The topological polar surface area (TPSA) is 26.3 Å². The lowest BCUT2D eigenvalue weighted by Crippen LogP contribution is -2.44. The Morgan fingerprint density at radius 2 is 1.50 bits per heavy atom. The summed E-state index contributed by atoms with van der Waals surface area (Å²) in [5.74, 6) is 0.347. The minimum Gasteiger partial charge on any atom is -0.373 e. The van der Waals surface area contributed by atoms with Crippen LogP contribution in [0.3, 0.4) is 0 Å². The standard InChI is InChI=1S/C19H36O2Si/c1-13(2)19(20)17(18-10-9-11-21-18)12-22(14(3)4,15(5)6)16(7)8/h12-16,18H,9-11H2,1-8H3/b17-12-. The van der Waals surface area contributed by atoms with Crippen molar-refractivity contribution in [1.29, 1.82) is 0 Å². The summed E-state index contributed by atoms with van der Waals surface area (Å²) in [5, 5.41) is 0. The van der Waals surface area contributed by atoms with E-state index in [0.29, 0.717) is 22.4 Å². The van der Waals surface area contributed by atoms with Gasteiger partial charge in [-0.25, -0.2) is 0 Å². The fraction of sp³-hybridized carbons (Fsp3) is 0.842. The van der Waals surface area contributed by atoms with Crippen LogP contribution in [0.25, 0.3) is 0 Å². The van der Waals surface area contributed by atoms with Crippen molar-refractivity contribution in [2.75, 3.05) is 6.61 Å². The highest BCUT2D eigenvalue weighted by atomic mass is 28.3. The number of Topliss-reactive ketones (excluding diaryl/α,β-unsaturated/α-hetero) is 1. The van der Waals surface area contributed by atoms with Gasteiger partial charge in [-0.05, 0) is 29.5 Å². The number of carbonyl (C=O) groups excluding carboxylic acids is 1. The Bertz CT molecular complexity index is 380. The fourth-order valence-electron chi connectivity index (χ4n) is 4.25. The van der Waals surface area contributed by atoms with E-state index in [1.54, 1.807) is 0 Å². The predicted molar refractivity (Wildman–Crippen MR) is 98.0 cm³/mol. The molecule has 1 saturated heterocycles. The van der Waals surface area contributed by atoms with E-state index < -0.39 is 8.07 Å². The Hall–Kier alpha value is -0.413. The SMILES string of the molecule is CC(C)C(=O)/C(=C\[Si](C(C)C)(C(C)C)C(C)C)C1CCCO1. The van der Waals surface area contributed by atoms with Gasteiger partial charge in [-0.15, -0.1) is 0 Å². The zero-order chi connectivity index (χ0) is 17.1. The number of hydrogen-bond donors (Lipinski definition) is 0. The Balaban J connectivity index is 3.39. The highest BCUT2D eigenvalue weighted by Crippen LogP contribution is 2.44. The number of rotatable bonds is 7. The van der Waals surface area contributed by atoms with Crippen molar-refractivity contribution in [3.63, 3.8) is 0 Å². The molecule has 2 nitrogen and oxygen atoms in total. The summed E-state index contributed by atoms with van der Waals surface area (Å²) >= 11 is 0. The van der Waals surface area contributed by atoms with Crippen molar-refractivity contribution in [2.24, 2.45) is 5.92 Å². The van der Waals surface area contributed by atoms with Crippen molar-refractivity contribution >= 4 is 13.9 Å². The molecule has 0 aromatic carbocycles. The number of ketones is 1. The molecule has 0 aromatic rings. The Kier molecular flexibility index (Phi) is 7.06. The highest BCUT2D eigenvalue weighted by molar-refractivity contribution is 6.88. The lowest BCUT2D eigenvalue weighted by Gasteiger charge is -2.41. The molecule has 0 radical (unpaired) electrons. The molecule has 0 amide bonds. The number of ether oxygens (including phenoxy) is 1. The van der Waals surface area contributed by atoms with Crippen molar-refractivity contribution in [1.82, 2.24) is 0 Å². The van der Waals surface area contributed by atoms with Gasteiger partial charge >= 0.3 is 0 Å². The first-order valence-electron chi connectivity index (χ1n) is 9.03. The van der Waals surface area contributed by atoms with Crippen LogP contribution in [0.4, 0.5) is 0 Å². The molecule has 1 aliphatic rings. The lowest BCUT2D eigenvalue weighted by molar-refractivity contribution is -0.119. The maximum absolute atomic E-state index is 12.8. The van der Waals surface area contributed by atoms with Crippen LogP contribution < -0.4 is 0 Å². The highest BCUT2D eigenvalue weighted by Gasteiger charge is 2.42. The van der Waals surface area contributed by atoms with Gasteiger partial charge in [0.1, 0.15) is 0 Å². The smallest absolute Gasteiger partial charge is 0.163 e. The number of carbonyl (C=O) groups is 1. The van der Waals surface area contributed by atoms with Gasteiger partial charge in [0, 0.05) is 18.1 Å². The first-order valence-corrected chi connectivity index (χ1v) is 11.3. The van der Waals surface area contributed by atoms with Crippen LogP contribution in [0.5, 0.6) is 0 Å². The third-order valence-electron chi connectivity index (χ3n) is 5.49. The Labute approximate surface area is 138 Å². The number of hydrogen-bond acceptors (Lipinski definition) is 2. The largest absolute Gasteiger partial charge is 0.373 e. The van der Waals surface area contributed by atoms with Gasteiger partial charge in [-0.2, -0.15) is 0 Å². The van der Waals surface area contributed by atoms with E-state index in [2.05, 4.69) is 47.2 Å². The van der Waals surface area contributed by atoms with Crippen molar-refractivity contribution in [3.05, 3.63) is 11.3 Å². The average molecular weight is 325 g/mol. The molecule has 0 spiro atoms. The summed E-state index contributed by atoms with van der Waals surface area (Å²) < 4.78 is 5.90. The van der Waals surface area contributed by atoms with E-state index in [4.69, 9.17) is 4.74 Å². The van der Waals surface area contributed by atoms with Crippen molar-refractivity contribution in [2.45, 2.75) is 91.0 Å². The fourth-order valence-corrected chi connectivity index (χ4v) is 10.1. The third kappa shape index (κ3) is 3.91. The van der Waals surface area contributed by atoms with Gasteiger partial charge in [0.25, 0.3) is 0 Å². The van der Waals surface area contributed by atoms with Crippen LogP contribution in [0, 0.1) is 5.92 Å². The minimum atomic E-state index is -1.73. The predicted octanol–water partition coefficient (Wildman–Crippen LogP) is 5.53. The molecule has 1 rings (SSSR count).